The molecule has 0 amide bonds. The highest BCUT2D eigenvalue weighted by atomic mass is 15.1. The van der Waals surface area contributed by atoms with Crippen molar-refractivity contribution >= 4 is 0 Å². The van der Waals surface area contributed by atoms with Crippen LogP contribution in [0.4, 0.5) is 0 Å². The molecule has 2 N–H and O–H groups in total. The van der Waals surface area contributed by atoms with Crippen LogP contribution in [0.2, 0.25) is 0 Å². The van der Waals surface area contributed by atoms with Gasteiger partial charge in [0.15, 0.2) is 0 Å². The van der Waals surface area contributed by atoms with Crippen molar-refractivity contribution in [2.75, 3.05) is 26.7 Å². The Hall–Kier alpha value is -0.0800. The van der Waals surface area contributed by atoms with Gasteiger partial charge in [0, 0.05) is 13.1 Å². The molecule has 1 atom stereocenters. The van der Waals surface area contributed by atoms with Gasteiger partial charge in [0.2, 0.25) is 0 Å². The molecule has 0 aliphatic carbocycles. The first-order valence-electron chi connectivity index (χ1n) is 5.30. The van der Waals surface area contributed by atoms with Crippen molar-refractivity contribution < 1.29 is 0 Å². The summed E-state index contributed by atoms with van der Waals surface area (Å²) in [5, 5.41) is 0. The highest BCUT2D eigenvalue weighted by Crippen LogP contribution is 2.15. The van der Waals surface area contributed by atoms with Crippen LogP contribution in [0.15, 0.2) is 0 Å². The van der Waals surface area contributed by atoms with Crippen LogP contribution < -0.4 is 5.73 Å². The van der Waals surface area contributed by atoms with E-state index in [0.717, 1.165) is 19.0 Å². The van der Waals surface area contributed by atoms with E-state index in [9.17, 15) is 0 Å². The molecule has 0 aromatic carbocycles. The van der Waals surface area contributed by atoms with Gasteiger partial charge in [-0.15, -0.1) is 0 Å². The molecule has 0 aromatic heterocycles. The third kappa shape index (κ3) is 6.05. The minimum Gasteiger partial charge on any atom is -0.330 e. The zero-order valence-electron chi connectivity index (χ0n) is 9.93. The zero-order valence-corrected chi connectivity index (χ0v) is 9.93. The number of hydrogen-bond acceptors (Lipinski definition) is 2. The maximum atomic E-state index is 5.69. The van der Waals surface area contributed by atoms with E-state index >= 15 is 0 Å². The van der Waals surface area contributed by atoms with Gasteiger partial charge in [-0.3, -0.25) is 0 Å². The standard InChI is InChI=1S/C11H26N2/c1-6-10(2)7-13(5)9-11(3,4)8-12/h10H,6-9,12H2,1-5H3. The minimum atomic E-state index is 0.252. The lowest BCUT2D eigenvalue weighted by molar-refractivity contribution is 0.194. The Kier molecular flexibility index (Phi) is 5.57. The van der Waals surface area contributed by atoms with Gasteiger partial charge in [-0.2, -0.15) is 0 Å². The maximum absolute atomic E-state index is 5.69. The Labute approximate surface area is 83.5 Å². The first kappa shape index (κ1) is 12.9. The van der Waals surface area contributed by atoms with Crippen molar-refractivity contribution in [1.29, 1.82) is 0 Å². The van der Waals surface area contributed by atoms with E-state index in [1.54, 1.807) is 0 Å². The van der Waals surface area contributed by atoms with Crippen LogP contribution >= 0.6 is 0 Å². The molecule has 0 aliphatic rings. The monoisotopic (exact) mass is 186 g/mol. The molecule has 1 unspecified atom stereocenters. The summed E-state index contributed by atoms with van der Waals surface area (Å²) in [5.74, 6) is 0.790. The molecule has 0 heterocycles. The van der Waals surface area contributed by atoms with Crippen LogP contribution in [0, 0.1) is 11.3 Å². The van der Waals surface area contributed by atoms with Crippen LogP contribution in [-0.2, 0) is 0 Å². The van der Waals surface area contributed by atoms with Gasteiger partial charge in [0.05, 0.1) is 0 Å². The largest absolute Gasteiger partial charge is 0.330 e. The fraction of sp³-hybridized carbons (Fsp3) is 1.00. The molecule has 0 saturated carbocycles. The normalized spacial score (nSPS) is 15.0. The minimum absolute atomic E-state index is 0.252. The average Bonchev–Trinajstić information content (AvgIpc) is 2.03. The first-order chi connectivity index (χ1) is 5.91. The number of rotatable bonds is 6. The summed E-state index contributed by atoms with van der Waals surface area (Å²) < 4.78 is 0. The van der Waals surface area contributed by atoms with E-state index in [1.165, 1.54) is 13.0 Å². The lowest BCUT2D eigenvalue weighted by Crippen LogP contribution is -2.38. The zero-order chi connectivity index (χ0) is 10.5. The Morgan fingerprint density at radius 3 is 2.31 bits per heavy atom. The number of nitrogens with zero attached hydrogens (tertiary/aromatic N) is 1. The Bertz CT molecular complexity index is 132. The molecule has 0 radical (unpaired) electrons. The van der Waals surface area contributed by atoms with Crippen molar-refractivity contribution in [2.45, 2.75) is 34.1 Å². The molecule has 2 nitrogen and oxygen atoms in total. The van der Waals surface area contributed by atoms with E-state index in [4.69, 9.17) is 5.73 Å². The Morgan fingerprint density at radius 1 is 1.38 bits per heavy atom. The molecule has 0 fully saturated rings. The van der Waals surface area contributed by atoms with Crippen LogP contribution in [0.25, 0.3) is 0 Å². The predicted octanol–water partition coefficient (Wildman–Crippen LogP) is 1.95. The van der Waals surface area contributed by atoms with Crippen LogP contribution in [0.1, 0.15) is 34.1 Å². The Morgan fingerprint density at radius 2 is 1.92 bits per heavy atom. The second-order valence-electron chi connectivity index (χ2n) is 5.08. The smallest absolute Gasteiger partial charge is 0.00418 e. The predicted molar refractivity (Wildman–Crippen MR) is 59.8 cm³/mol. The van der Waals surface area contributed by atoms with E-state index in [0.29, 0.717) is 0 Å². The SMILES string of the molecule is CCC(C)CN(C)CC(C)(C)CN. The number of nitrogens with two attached hydrogens (primary N) is 1. The summed E-state index contributed by atoms with van der Waals surface area (Å²) in [6, 6.07) is 0. The van der Waals surface area contributed by atoms with Gasteiger partial charge in [-0.05, 0) is 24.9 Å². The molecule has 0 rings (SSSR count). The van der Waals surface area contributed by atoms with Crippen LogP contribution in [-0.4, -0.2) is 31.6 Å². The maximum Gasteiger partial charge on any atom is 0.00418 e. The van der Waals surface area contributed by atoms with Gasteiger partial charge in [0.1, 0.15) is 0 Å². The van der Waals surface area contributed by atoms with Gasteiger partial charge < -0.3 is 10.6 Å². The second kappa shape index (κ2) is 5.61. The van der Waals surface area contributed by atoms with Gasteiger partial charge in [-0.25, -0.2) is 0 Å². The van der Waals surface area contributed by atoms with Crippen LogP contribution in [0.5, 0.6) is 0 Å². The summed E-state index contributed by atoms with van der Waals surface area (Å²) in [5.41, 5.74) is 5.94. The number of hydrogen-bond donors (Lipinski definition) is 1. The van der Waals surface area contributed by atoms with Crippen molar-refractivity contribution in [3.8, 4) is 0 Å². The molecular weight excluding hydrogens is 160 g/mol. The molecule has 0 spiro atoms. The molecule has 0 saturated heterocycles. The van der Waals surface area contributed by atoms with Crippen LogP contribution in [0.3, 0.4) is 0 Å². The fourth-order valence-electron chi connectivity index (χ4n) is 1.52. The third-order valence-electron chi connectivity index (χ3n) is 2.57. The molecule has 80 valence electrons. The third-order valence-corrected chi connectivity index (χ3v) is 2.57. The van der Waals surface area contributed by atoms with E-state index in [1.807, 2.05) is 0 Å². The van der Waals surface area contributed by atoms with Gasteiger partial charge >= 0.3 is 0 Å². The highest BCUT2D eigenvalue weighted by molar-refractivity contribution is 4.73. The average molecular weight is 186 g/mol. The van der Waals surface area contributed by atoms with E-state index in [-0.39, 0.29) is 5.41 Å². The lowest BCUT2D eigenvalue weighted by Gasteiger charge is -2.30. The summed E-state index contributed by atoms with van der Waals surface area (Å²) in [7, 11) is 2.18. The van der Waals surface area contributed by atoms with Crippen molar-refractivity contribution in [3.63, 3.8) is 0 Å². The summed E-state index contributed by atoms with van der Waals surface area (Å²) in [4.78, 5) is 2.39. The second-order valence-corrected chi connectivity index (χ2v) is 5.08. The van der Waals surface area contributed by atoms with Gasteiger partial charge in [0.25, 0.3) is 0 Å². The Balaban J connectivity index is 3.79. The molecule has 0 aromatic rings. The quantitative estimate of drug-likeness (QED) is 0.687. The molecular formula is C11H26N2. The molecule has 0 aliphatic heterocycles. The van der Waals surface area contributed by atoms with E-state index in [2.05, 4.69) is 39.6 Å². The summed E-state index contributed by atoms with van der Waals surface area (Å²) in [6.45, 7) is 12.0. The molecule has 0 bridgehead atoms. The highest BCUT2D eigenvalue weighted by Gasteiger charge is 2.18. The summed E-state index contributed by atoms with van der Waals surface area (Å²) >= 11 is 0. The first-order valence-corrected chi connectivity index (χ1v) is 5.30. The molecule has 13 heavy (non-hydrogen) atoms. The van der Waals surface area contributed by atoms with Gasteiger partial charge in [-0.1, -0.05) is 34.1 Å². The van der Waals surface area contributed by atoms with Crippen molar-refractivity contribution in [2.24, 2.45) is 17.1 Å². The summed E-state index contributed by atoms with van der Waals surface area (Å²) in [6.07, 6.45) is 1.26. The topological polar surface area (TPSA) is 29.3 Å². The van der Waals surface area contributed by atoms with Crippen molar-refractivity contribution in [1.82, 2.24) is 4.90 Å². The fourth-order valence-corrected chi connectivity index (χ4v) is 1.52. The lowest BCUT2D eigenvalue weighted by atomic mass is 9.93. The van der Waals surface area contributed by atoms with Crippen molar-refractivity contribution in [3.05, 3.63) is 0 Å². The molecule has 2 heteroatoms. The van der Waals surface area contributed by atoms with E-state index < -0.39 is 0 Å².